The van der Waals surface area contributed by atoms with E-state index in [0.29, 0.717) is 33.7 Å². The zero-order valence-corrected chi connectivity index (χ0v) is 11.8. The number of halogens is 1. The molecule has 0 unspecified atom stereocenters. The zero-order valence-electron chi connectivity index (χ0n) is 11.0. The average Bonchev–Trinajstić information content (AvgIpc) is 2.45. The molecule has 2 N–H and O–H groups in total. The largest absolute Gasteiger partial charge is 0.494 e. The summed E-state index contributed by atoms with van der Waals surface area (Å²) in [4.78, 5) is 3.87. The van der Waals surface area contributed by atoms with Gasteiger partial charge in [-0.3, -0.25) is 0 Å². The number of nitrogen functional groups attached to an aromatic ring is 1. The first-order valence-corrected chi connectivity index (χ1v) is 6.06. The maximum absolute atomic E-state index is 5.79. The average molecular weight is 293 g/mol. The van der Waals surface area contributed by atoms with Crippen LogP contribution in [0.1, 0.15) is 0 Å². The quantitative estimate of drug-likeness (QED) is 0.528. The van der Waals surface area contributed by atoms with E-state index in [9.17, 15) is 0 Å². The number of anilines is 1. The molecule has 20 heavy (non-hydrogen) atoms. The molecule has 0 amide bonds. The van der Waals surface area contributed by atoms with Crippen LogP contribution in [0.5, 0.6) is 11.5 Å². The van der Waals surface area contributed by atoms with Crippen molar-refractivity contribution in [3.05, 3.63) is 35.6 Å². The number of rotatable bonds is 4. The Labute approximate surface area is 121 Å². The van der Waals surface area contributed by atoms with Gasteiger partial charge in [0, 0.05) is 30.1 Å². The maximum atomic E-state index is 5.79. The Bertz CT molecular complexity index is 621. The fourth-order valence-corrected chi connectivity index (χ4v) is 1.74. The van der Waals surface area contributed by atoms with Crippen molar-refractivity contribution >= 4 is 28.7 Å². The first-order valence-electron chi connectivity index (χ1n) is 5.69. The number of methoxy groups -OCH3 is 2. The van der Waals surface area contributed by atoms with Crippen molar-refractivity contribution in [2.45, 2.75) is 0 Å². The normalized spacial score (nSPS) is 10.8. The van der Waals surface area contributed by atoms with Crippen LogP contribution in [0, 0.1) is 0 Å². The van der Waals surface area contributed by atoms with Crippen LogP contribution in [0.4, 0.5) is 17.1 Å². The predicted molar refractivity (Wildman–Crippen MR) is 77.4 cm³/mol. The monoisotopic (exact) mass is 292 g/mol. The fraction of sp³-hybridized carbons (Fsp3) is 0.154. The molecule has 7 heteroatoms. The summed E-state index contributed by atoms with van der Waals surface area (Å²) in [6.07, 6.45) is 1.55. The lowest BCUT2D eigenvalue weighted by Gasteiger charge is -2.09. The van der Waals surface area contributed by atoms with Gasteiger partial charge in [0.25, 0.3) is 0 Å². The van der Waals surface area contributed by atoms with E-state index in [1.54, 1.807) is 30.5 Å². The zero-order chi connectivity index (χ0) is 14.5. The van der Waals surface area contributed by atoms with Crippen molar-refractivity contribution in [3.8, 4) is 11.5 Å². The second kappa shape index (κ2) is 6.21. The van der Waals surface area contributed by atoms with Crippen molar-refractivity contribution < 1.29 is 9.47 Å². The van der Waals surface area contributed by atoms with Crippen LogP contribution in [-0.2, 0) is 0 Å². The van der Waals surface area contributed by atoms with Crippen molar-refractivity contribution in [1.29, 1.82) is 0 Å². The summed E-state index contributed by atoms with van der Waals surface area (Å²) >= 11 is 5.79. The topological polar surface area (TPSA) is 82.1 Å². The van der Waals surface area contributed by atoms with Gasteiger partial charge in [-0.05, 0) is 6.07 Å². The van der Waals surface area contributed by atoms with Gasteiger partial charge in [0.15, 0.2) is 17.2 Å². The van der Waals surface area contributed by atoms with E-state index in [2.05, 4.69) is 15.2 Å². The lowest BCUT2D eigenvalue weighted by atomic mass is 10.2. The van der Waals surface area contributed by atoms with Crippen molar-refractivity contribution in [2.75, 3.05) is 20.0 Å². The highest BCUT2D eigenvalue weighted by molar-refractivity contribution is 6.29. The van der Waals surface area contributed by atoms with Crippen LogP contribution in [-0.4, -0.2) is 19.2 Å². The summed E-state index contributed by atoms with van der Waals surface area (Å²) < 4.78 is 10.5. The molecule has 104 valence electrons. The Morgan fingerprint density at radius 2 is 1.75 bits per heavy atom. The van der Waals surface area contributed by atoms with E-state index >= 15 is 0 Å². The van der Waals surface area contributed by atoms with Crippen LogP contribution < -0.4 is 15.2 Å². The second-order valence-corrected chi connectivity index (χ2v) is 4.20. The molecule has 0 aliphatic carbocycles. The van der Waals surface area contributed by atoms with Crippen molar-refractivity contribution in [2.24, 2.45) is 10.2 Å². The van der Waals surface area contributed by atoms with Gasteiger partial charge < -0.3 is 15.2 Å². The van der Waals surface area contributed by atoms with Gasteiger partial charge in [-0.1, -0.05) is 11.6 Å². The molecule has 0 saturated carbocycles. The van der Waals surface area contributed by atoms with E-state index in [1.807, 2.05) is 0 Å². The lowest BCUT2D eigenvalue weighted by molar-refractivity contribution is 0.397. The Balaban J connectivity index is 2.42. The molecule has 6 nitrogen and oxygen atoms in total. The van der Waals surface area contributed by atoms with E-state index < -0.39 is 0 Å². The molecule has 0 saturated heterocycles. The van der Waals surface area contributed by atoms with E-state index in [4.69, 9.17) is 26.8 Å². The Morgan fingerprint density at radius 1 is 1.10 bits per heavy atom. The lowest BCUT2D eigenvalue weighted by Crippen LogP contribution is -1.92. The number of hydrogen-bond acceptors (Lipinski definition) is 6. The Morgan fingerprint density at radius 3 is 2.30 bits per heavy atom. The molecule has 2 aromatic rings. The van der Waals surface area contributed by atoms with E-state index in [1.165, 1.54) is 14.2 Å². The highest BCUT2D eigenvalue weighted by atomic mass is 35.5. The number of nitrogens with two attached hydrogens (primary N) is 1. The molecular weight excluding hydrogens is 280 g/mol. The molecule has 2 rings (SSSR count). The SMILES string of the molecule is COc1cc(N)cc(OC)c1N=Nc1ccnc(Cl)c1. The highest BCUT2D eigenvalue weighted by Gasteiger charge is 2.11. The Kier molecular flexibility index (Phi) is 4.37. The number of pyridine rings is 1. The summed E-state index contributed by atoms with van der Waals surface area (Å²) in [6.45, 7) is 0. The fourth-order valence-electron chi connectivity index (χ4n) is 1.57. The molecule has 0 aliphatic rings. The number of azo groups is 1. The third-order valence-corrected chi connectivity index (χ3v) is 2.68. The van der Waals surface area contributed by atoms with Crippen molar-refractivity contribution in [3.63, 3.8) is 0 Å². The third-order valence-electron chi connectivity index (χ3n) is 2.48. The van der Waals surface area contributed by atoms with Gasteiger partial charge in [-0.15, -0.1) is 5.11 Å². The van der Waals surface area contributed by atoms with Crippen LogP contribution in [0.25, 0.3) is 0 Å². The van der Waals surface area contributed by atoms with Gasteiger partial charge in [-0.2, -0.15) is 5.11 Å². The van der Waals surface area contributed by atoms with Crippen LogP contribution >= 0.6 is 11.6 Å². The van der Waals surface area contributed by atoms with Gasteiger partial charge in [-0.25, -0.2) is 4.98 Å². The third kappa shape index (κ3) is 3.16. The molecule has 0 aliphatic heterocycles. The molecule has 1 heterocycles. The summed E-state index contributed by atoms with van der Waals surface area (Å²) in [5.41, 5.74) is 7.30. The van der Waals surface area contributed by atoms with E-state index in [-0.39, 0.29) is 0 Å². The maximum Gasteiger partial charge on any atom is 0.170 e. The molecule has 0 atom stereocenters. The molecule has 1 aromatic heterocycles. The molecule has 0 radical (unpaired) electrons. The van der Waals surface area contributed by atoms with Gasteiger partial charge in [0.05, 0.1) is 19.9 Å². The van der Waals surface area contributed by atoms with Crippen LogP contribution in [0.2, 0.25) is 5.15 Å². The standard InChI is InChI=1S/C13H13ClN4O2/c1-19-10-5-8(15)6-11(20-2)13(10)18-17-9-3-4-16-12(14)7-9/h3-7H,15H2,1-2H3. The molecule has 0 fully saturated rings. The Hall–Kier alpha value is -2.34. The van der Waals surface area contributed by atoms with Crippen LogP contribution in [0.15, 0.2) is 40.7 Å². The van der Waals surface area contributed by atoms with Gasteiger partial charge in [0.1, 0.15) is 5.15 Å². The van der Waals surface area contributed by atoms with Gasteiger partial charge >= 0.3 is 0 Å². The predicted octanol–water partition coefficient (Wildman–Crippen LogP) is 3.75. The minimum absolute atomic E-state index is 0.345. The summed E-state index contributed by atoms with van der Waals surface area (Å²) in [5.74, 6) is 0.955. The van der Waals surface area contributed by atoms with Crippen LogP contribution in [0.3, 0.4) is 0 Å². The smallest absolute Gasteiger partial charge is 0.170 e. The minimum Gasteiger partial charge on any atom is -0.494 e. The number of ether oxygens (including phenoxy) is 2. The minimum atomic E-state index is 0.345. The van der Waals surface area contributed by atoms with E-state index in [0.717, 1.165) is 0 Å². The van der Waals surface area contributed by atoms with Crippen molar-refractivity contribution in [1.82, 2.24) is 4.98 Å². The number of aromatic nitrogens is 1. The summed E-state index contributed by atoms with van der Waals surface area (Å²) in [6, 6.07) is 6.58. The molecule has 0 spiro atoms. The summed E-state index contributed by atoms with van der Waals surface area (Å²) in [7, 11) is 3.05. The number of nitrogens with zero attached hydrogens (tertiary/aromatic N) is 3. The molecule has 0 bridgehead atoms. The first-order chi connectivity index (χ1) is 9.63. The molecule has 1 aromatic carbocycles. The summed E-state index contributed by atoms with van der Waals surface area (Å²) in [5, 5.41) is 8.56. The first kappa shape index (κ1) is 14.1. The highest BCUT2D eigenvalue weighted by Crippen LogP contribution is 2.40. The second-order valence-electron chi connectivity index (χ2n) is 3.81. The molecular formula is C13H13ClN4O2. The van der Waals surface area contributed by atoms with Gasteiger partial charge in [0.2, 0.25) is 0 Å². The number of hydrogen-bond donors (Lipinski definition) is 1. The number of benzene rings is 1.